The molecule has 23 heavy (non-hydrogen) atoms. The van der Waals surface area contributed by atoms with Gasteiger partial charge in [-0.1, -0.05) is 12.1 Å². The Kier molecular flexibility index (Phi) is 3.95. The molecule has 2 aromatic rings. The third kappa shape index (κ3) is 3.13. The molecule has 0 unspecified atom stereocenters. The Morgan fingerprint density at radius 3 is 2.78 bits per heavy atom. The van der Waals surface area contributed by atoms with Crippen LogP contribution in [0.1, 0.15) is 23.4 Å². The molecule has 3 rings (SSSR count). The van der Waals surface area contributed by atoms with Gasteiger partial charge >= 0.3 is 5.97 Å². The zero-order chi connectivity index (χ0) is 16.6. The first-order valence-electron chi connectivity index (χ1n) is 7.75. The fourth-order valence-corrected chi connectivity index (χ4v) is 3.16. The molecule has 0 radical (unpaired) electrons. The Labute approximate surface area is 135 Å². The van der Waals surface area contributed by atoms with Crippen molar-refractivity contribution in [2.45, 2.75) is 32.4 Å². The minimum Gasteiger partial charge on any atom is -0.480 e. The molecule has 1 aromatic heterocycles. The molecule has 0 amide bonds. The lowest BCUT2D eigenvalue weighted by molar-refractivity contribution is -0.142. The van der Waals surface area contributed by atoms with Gasteiger partial charge in [-0.2, -0.15) is 5.10 Å². The lowest BCUT2D eigenvalue weighted by Crippen LogP contribution is -2.50. The van der Waals surface area contributed by atoms with Gasteiger partial charge < -0.3 is 10.8 Å². The number of hydrogen-bond donors (Lipinski definition) is 2. The maximum absolute atomic E-state index is 11.2. The van der Waals surface area contributed by atoms with Gasteiger partial charge in [-0.25, -0.2) is 4.68 Å². The van der Waals surface area contributed by atoms with Crippen LogP contribution in [0, 0.1) is 13.8 Å². The second kappa shape index (κ2) is 5.79. The van der Waals surface area contributed by atoms with E-state index < -0.39 is 11.5 Å². The van der Waals surface area contributed by atoms with E-state index in [0.29, 0.717) is 26.1 Å². The quantitative estimate of drug-likeness (QED) is 0.893. The summed E-state index contributed by atoms with van der Waals surface area (Å²) in [7, 11) is 0. The first-order valence-corrected chi connectivity index (χ1v) is 7.75. The summed E-state index contributed by atoms with van der Waals surface area (Å²) in [6, 6.07) is 10.2. The van der Waals surface area contributed by atoms with Gasteiger partial charge in [0.25, 0.3) is 0 Å². The van der Waals surface area contributed by atoms with E-state index in [2.05, 4.69) is 16.1 Å². The number of aliphatic carboxylic acids is 1. The smallest absolute Gasteiger partial charge is 0.325 e. The summed E-state index contributed by atoms with van der Waals surface area (Å²) in [6.07, 6.45) is 0.486. The van der Waals surface area contributed by atoms with E-state index in [0.717, 1.165) is 22.6 Å². The van der Waals surface area contributed by atoms with Crippen LogP contribution in [0.15, 0.2) is 30.3 Å². The highest BCUT2D eigenvalue weighted by atomic mass is 16.4. The molecule has 1 saturated heterocycles. The SMILES string of the molecule is Cc1cc(C)n(-c2cccc(CN3CC[C@](N)(C(=O)O)C3)c2)n1. The summed E-state index contributed by atoms with van der Waals surface area (Å²) in [5.74, 6) is -0.920. The molecule has 122 valence electrons. The number of nitrogens with zero attached hydrogens (tertiary/aromatic N) is 3. The maximum atomic E-state index is 11.2. The summed E-state index contributed by atoms with van der Waals surface area (Å²) < 4.78 is 1.92. The fourth-order valence-electron chi connectivity index (χ4n) is 3.16. The van der Waals surface area contributed by atoms with Gasteiger partial charge in [-0.05, 0) is 44.0 Å². The van der Waals surface area contributed by atoms with Crippen molar-refractivity contribution in [2.24, 2.45) is 5.73 Å². The number of hydrogen-bond acceptors (Lipinski definition) is 4. The lowest BCUT2D eigenvalue weighted by Gasteiger charge is -2.20. The molecule has 1 aliphatic heterocycles. The molecule has 2 heterocycles. The zero-order valence-electron chi connectivity index (χ0n) is 13.5. The molecule has 0 saturated carbocycles. The second-order valence-electron chi connectivity index (χ2n) is 6.43. The Morgan fingerprint density at radius 2 is 2.17 bits per heavy atom. The van der Waals surface area contributed by atoms with Crippen molar-refractivity contribution >= 4 is 5.97 Å². The first-order chi connectivity index (χ1) is 10.9. The topological polar surface area (TPSA) is 84.4 Å². The van der Waals surface area contributed by atoms with Crippen molar-refractivity contribution in [1.82, 2.24) is 14.7 Å². The number of likely N-dealkylation sites (tertiary alicyclic amines) is 1. The Morgan fingerprint density at radius 1 is 1.39 bits per heavy atom. The van der Waals surface area contributed by atoms with Crippen molar-refractivity contribution in [3.8, 4) is 5.69 Å². The van der Waals surface area contributed by atoms with Crippen LogP contribution in [0.25, 0.3) is 5.69 Å². The maximum Gasteiger partial charge on any atom is 0.325 e. The van der Waals surface area contributed by atoms with Crippen LogP contribution in [0.4, 0.5) is 0 Å². The highest BCUT2D eigenvalue weighted by Crippen LogP contribution is 2.22. The molecule has 6 nitrogen and oxygen atoms in total. The predicted molar refractivity (Wildman–Crippen MR) is 87.5 cm³/mol. The zero-order valence-corrected chi connectivity index (χ0v) is 13.5. The number of nitrogens with two attached hydrogens (primary N) is 1. The van der Waals surface area contributed by atoms with Gasteiger partial charge in [0.1, 0.15) is 5.54 Å². The van der Waals surface area contributed by atoms with Crippen LogP contribution in [-0.4, -0.2) is 44.4 Å². The summed E-state index contributed by atoms with van der Waals surface area (Å²) in [6.45, 7) is 5.78. The number of carboxylic acid groups (broad SMARTS) is 1. The fraction of sp³-hybridized carbons (Fsp3) is 0.412. The average Bonchev–Trinajstić information content (AvgIpc) is 3.03. The molecule has 3 N–H and O–H groups in total. The van der Waals surface area contributed by atoms with Crippen LogP contribution in [0.2, 0.25) is 0 Å². The Hall–Kier alpha value is -2.18. The largest absolute Gasteiger partial charge is 0.480 e. The van der Waals surface area contributed by atoms with Crippen LogP contribution in [0.3, 0.4) is 0 Å². The molecule has 1 aromatic carbocycles. The van der Waals surface area contributed by atoms with Gasteiger partial charge in [-0.15, -0.1) is 0 Å². The second-order valence-corrected chi connectivity index (χ2v) is 6.43. The van der Waals surface area contributed by atoms with E-state index in [-0.39, 0.29) is 0 Å². The summed E-state index contributed by atoms with van der Waals surface area (Å²) in [4.78, 5) is 13.3. The Bertz CT molecular complexity index is 740. The monoisotopic (exact) mass is 314 g/mol. The third-order valence-corrected chi connectivity index (χ3v) is 4.38. The number of benzene rings is 1. The van der Waals surface area contributed by atoms with E-state index in [1.54, 1.807) is 0 Å². The van der Waals surface area contributed by atoms with E-state index in [4.69, 9.17) is 5.73 Å². The number of aryl methyl sites for hydroxylation is 2. The molecule has 0 bridgehead atoms. The highest BCUT2D eigenvalue weighted by molar-refractivity contribution is 5.79. The summed E-state index contributed by atoms with van der Waals surface area (Å²) in [5, 5.41) is 13.7. The molecule has 1 aliphatic rings. The van der Waals surface area contributed by atoms with Crippen molar-refractivity contribution in [2.75, 3.05) is 13.1 Å². The average molecular weight is 314 g/mol. The van der Waals surface area contributed by atoms with Crippen LogP contribution < -0.4 is 5.73 Å². The van der Waals surface area contributed by atoms with E-state index >= 15 is 0 Å². The van der Waals surface area contributed by atoms with Gasteiger partial charge in [0.2, 0.25) is 0 Å². The van der Waals surface area contributed by atoms with Crippen molar-refractivity contribution in [1.29, 1.82) is 0 Å². The van der Waals surface area contributed by atoms with Crippen molar-refractivity contribution in [3.05, 3.63) is 47.3 Å². The molecule has 1 atom stereocenters. The van der Waals surface area contributed by atoms with E-state index in [1.807, 2.05) is 42.8 Å². The summed E-state index contributed by atoms with van der Waals surface area (Å²) >= 11 is 0. The first kappa shape index (κ1) is 15.7. The van der Waals surface area contributed by atoms with Crippen LogP contribution in [0.5, 0.6) is 0 Å². The Balaban J connectivity index is 1.77. The van der Waals surface area contributed by atoms with Crippen LogP contribution in [-0.2, 0) is 11.3 Å². The van der Waals surface area contributed by atoms with Gasteiger partial charge in [-0.3, -0.25) is 9.69 Å². The molecule has 6 heteroatoms. The highest BCUT2D eigenvalue weighted by Gasteiger charge is 2.41. The van der Waals surface area contributed by atoms with E-state index in [1.165, 1.54) is 0 Å². The summed E-state index contributed by atoms with van der Waals surface area (Å²) in [5.41, 5.74) is 9.04. The van der Waals surface area contributed by atoms with Crippen LogP contribution >= 0.6 is 0 Å². The van der Waals surface area contributed by atoms with Gasteiger partial charge in [0.15, 0.2) is 0 Å². The standard InChI is InChI=1S/C17H22N4O2/c1-12-8-13(2)21(19-12)15-5-3-4-14(9-15)10-20-7-6-17(18,11-20)16(22)23/h3-5,8-9H,6-7,10-11,18H2,1-2H3,(H,22,23)/t17-/m1/s1. The van der Waals surface area contributed by atoms with Gasteiger partial charge in [0, 0.05) is 25.3 Å². The van der Waals surface area contributed by atoms with Crippen molar-refractivity contribution in [3.63, 3.8) is 0 Å². The minimum atomic E-state index is -1.12. The van der Waals surface area contributed by atoms with Crippen molar-refractivity contribution < 1.29 is 9.90 Å². The number of aromatic nitrogens is 2. The number of rotatable bonds is 4. The van der Waals surface area contributed by atoms with E-state index in [9.17, 15) is 9.90 Å². The normalized spacial score (nSPS) is 21.7. The van der Waals surface area contributed by atoms with Gasteiger partial charge in [0.05, 0.1) is 11.4 Å². The number of carboxylic acids is 1. The molecular weight excluding hydrogens is 292 g/mol. The molecular formula is C17H22N4O2. The predicted octanol–water partition coefficient (Wildman–Crippen LogP) is 1.48. The minimum absolute atomic E-state index is 0.381. The third-order valence-electron chi connectivity index (χ3n) is 4.38. The molecule has 0 aliphatic carbocycles. The molecule has 0 spiro atoms. The number of carbonyl (C=O) groups is 1. The molecule has 1 fully saturated rings. The lowest BCUT2D eigenvalue weighted by atomic mass is 10.0.